The lowest BCUT2D eigenvalue weighted by Gasteiger charge is -2.25. The number of halogens is 1. The van der Waals surface area contributed by atoms with Gasteiger partial charge in [-0.3, -0.25) is 4.79 Å². The van der Waals surface area contributed by atoms with Gasteiger partial charge in [0.05, 0.1) is 5.69 Å². The zero-order valence-electron chi connectivity index (χ0n) is 8.92. The van der Waals surface area contributed by atoms with Crippen LogP contribution >= 0.6 is 11.6 Å². The molecule has 0 aliphatic carbocycles. The van der Waals surface area contributed by atoms with Crippen LogP contribution in [0.15, 0.2) is 12.1 Å². The Morgan fingerprint density at radius 2 is 2.31 bits per heavy atom. The number of nitrogens with one attached hydrogen (secondary N) is 1. The minimum Gasteiger partial charge on any atom is -0.478 e. The van der Waals surface area contributed by atoms with Gasteiger partial charge in [0, 0.05) is 5.02 Å². The van der Waals surface area contributed by atoms with Gasteiger partial charge in [-0.05, 0) is 37.6 Å². The first kappa shape index (κ1) is 11.2. The summed E-state index contributed by atoms with van der Waals surface area (Å²) in [5.41, 5.74) is 7.07. The predicted octanol–water partition coefficient (Wildman–Crippen LogP) is 1.56. The highest BCUT2D eigenvalue weighted by molar-refractivity contribution is 6.31. The summed E-state index contributed by atoms with van der Waals surface area (Å²) >= 11 is 5.95. The fourth-order valence-corrected chi connectivity index (χ4v) is 1.93. The van der Waals surface area contributed by atoms with E-state index >= 15 is 0 Å². The number of ether oxygens (including phenoxy) is 1. The van der Waals surface area contributed by atoms with E-state index < -0.39 is 6.10 Å². The first-order chi connectivity index (χ1) is 7.61. The minimum absolute atomic E-state index is 0.159. The Morgan fingerprint density at radius 1 is 1.56 bits per heavy atom. The van der Waals surface area contributed by atoms with Crippen molar-refractivity contribution in [3.8, 4) is 5.75 Å². The summed E-state index contributed by atoms with van der Waals surface area (Å²) < 4.78 is 5.56. The molecule has 1 aliphatic rings. The summed E-state index contributed by atoms with van der Waals surface area (Å²) in [5.74, 6) is 0.524. The van der Waals surface area contributed by atoms with E-state index in [9.17, 15) is 4.79 Å². The predicted molar refractivity (Wildman–Crippen MR) is 62.9 cm³/mol. The zero-order valence-corrected chi connectivity index (χ0v) is 9.67. The molecule has 0 fully saturated rings. The fraction of sp³-hybridized carbons (Fsp3) is 0.364. The number of carbonyl (C=O) groups excluding carboxylic acids is 1. The third kappa shape index (κ3) is 1.99. The van der Waals surface area contributed by atoms with Gasteiger partial charge in [-0.15, -0.1) is 0 Å². The van der Waals surface area contributed by atoms with Gasteiger partial charge in [0.1, 0.15) is 5.75 Å². The molecular weight excluding hydrogens is 228 g/mol. The first-order valence-corrected chi connectivity index (χ1v) is 5.49. The Labute approximate surface area is 98.7 Å². The molecule has 1 amide bonds. The van der Waals surface area contributed by atoms with Gasteiger partial charge < -0.3 is 15.8 Å². The maximum atomic E-state index is 11.4. The molecule has 0 saturated carbocycles. The standard InChI is InChI=1S/C11H13ClN2O2/c1-6-11(15)14-9-5-8(12)4-7(2-3-13)10(9)16-6/h4-6H,2-3,13H2,1H3,(H,14,15). The molecule has 0 radical (unpaired) electrons. The fourth-order valence-electron chi connectivity index (χ4n) is 1.69. The summed E-state index contributed by atoms with van der Waals surface area (Å²) in [6.07, 6.45) is 0.191. The third-order valence-corrected chi connectivity index (χ3v) is 2.68. The smallest absolute Gasteiger partial charge is 0.265 e. The average Bonchev–Trinajstić information content (AvgIpc) is 2.21. The number of hydrogen-bond acceptors (Lipinski definition) is 3. The van der Waals surface area contributed by atoms with Crippen molar-refractivity contribution in [3.05, 3.63) is 22.7 Å². The van der Waals surface area contributed by atoms with E-state index in [1.165, 1.54) is 0 Å². The number of hydrogen-bond donors (Lipinski definition) is 2. The van der Waals surface area contributed by atoms with Gasteiger partial charge in [0.25, 0.3) is 5.91 Å². The zero-order chi connectivity index (χ0) is 11.7. The van der Waals surface area contributed by atoms with E-state index in [0.29, 0.717) is 29.4 Å². The highest BCUT2D eigenvalue weighted by atomic mass is 35.5. The monoisotopic (exact) mass is 240 g/mol. The molecule has 0 saturated heterocycles. The van der Waals surface area contributed by atoms with Crippen LogP contribution < -0.4 is 15.8 Å². The molecule has 1 aliphatic heterocycles. The van der Waals surface area contributed by atoms with Crippen LogP contribution in [0.1, 0.15) is 12.5 Å². The van der Waals surface area contributed by atoms with Crippen molar-refractivity contribution in [1.82, 2.24) is 0 Å². The lowest BCUT2D eigenvalue weighted by atomic mass is 10.1. The van der Waals surface area contributed by atoms with Crippen LogP contribution in [0.25, 0.3) is 0 Å². The van der Waals surface area contributed by atoms with Crippen molar-refractivity contribution >= 4 is 23.2 Å². The number of rotatable bonds is 2. The Morgan fingerprint density at radius 3 is 3.00 bits per heavy atom. The topological polar surface area (TPSA) is 64.3 Å². The Hall–Kier alpha value is -1.26. The molecule has 0 aromatic heterocycles. The molecule has 86 valence electrons. The Kier molecular flexibility index (Phi) is 3.03. The quantitative estimate of drug-likeness (QED) is 0.825. The maximum absolute atomic E-state index is 11.4. The van der Waals surface area contributed by atoms with Gasteiger partial charge in [-0.1, -0.05) is 11.6 Å². The van der Waals surface area contributed by atoms with E-state index in [4.69, 9.17) is 22.1 Å². The van der Waals surface area contributed by atoms with Gasteiger partial charge in [0.15, 0.2) is 6.10 Å². The molecule has 3 N–H and O–H groups in total. The number of carbonyl (C=O) groups is 1. The molecule has 5 heteroatoms. The average molecular weight is 241 g/mol. The summed E-state index contributed by atoms with van der Waals surface area (Å²) in [7, 11) is 0. The van der Waals surface area contributed by atoms with Crippen LogP contribution in [0.5, 0.6) is 5.75 Å². The van der Waals surface area contributed by atoms with Crippen LogP contribution in [0.3, 0.4) is 0 Å². The van der Waals surface area contributed by atoms with Crippen LogP contribution in [0, 0.1) is 0 Å². The van der Waals surface area contributed by atoms with E-state index in [0.717, 1.165) is 5.56 Å². The summed E-state index contributed by atoms with van der Waals surface area (Å²) in [6, 6.07) is 3.50. The van der Waals surface area contributed by atoms with Gasteiger partial charge in [0.2, 0.25) is 0 Å². The molecular formula is C11H13ClN2O2. The Balaban J connectivity index is 2.45. The lowest BCUT2D eigenvalue weighted by Crippen LogP contribution is -2.35. The number of fused-ring (bicyclic) bond motifs is 1. The summed E-state index contributed by atoms with van der Waals surface area (Å²) in [4.78, 5) is 11.4. The van der Waals surface area contributed by atoms with E-state index in [1.54, 1.807) is 13.0 Å². The second kappa shape index (κ2) is 4.31. The highest BCUT2D eigenvalue weighted by Gasteiger charge is 2.25. The highest BCUT2D eigenvalue weighted by Crippen LogP contribution is 2.36. The third-order valence-electron chi connectivity index (χ3n) is 2.47. The van der Waals surface area contributed by atoms with Gasteiger partial charge in [-0.25, -0.2) is 0 Å². The van der Waals surface area contributed by atoms with Crippen LogP contribution in [-0.2, 0) is 11.2 Å². The molecule has 1 atom stereocenters. The molecule has 1 heterocycles. The van der Waals surface area contributed by atoms with Crippen molar-refractivity contribution < 1.29 is 9.53 Å². The van der Waals surface area contributed by atoms with Crippen molar-refractivity contribution in [3.63, 3.8) is 0 Å². The number of nitrogens with two attached hydrogens (primary N) is 1. The molecule has 2 rings (SSSR count). The SMILES string of the molecule is CC1Oc2c(CCN)cc(Cl)cc2NC1=O. The number of anilines is 1. The van der Waals surface area contributed by atoms with E-state index in [1.807, 2.05) is 6.07 Å². The summed E-state index contributed by atoms with van der Waals surface area (Å²) in [6.45, 7) is 2.22. The lowest BCUT2D eigenvalue weighted by molar-refractivity contribution is -0.122. The maximum Gasteiger partial charge on any atom is 0.265 e. The van der Waals surface area contributed by atoms with Crippen molar-refractivity contribution in [2.45, 2.75) is 19.4 Å². The molecule has 1 aromatic rings. The second-order valence-electron chi connectivity index (χ2n) is 3.73. The van der Waals surface area contributed by atoms with Crippen molar-refractivity contribution in [1.29, 1.82) is 0 Å². The second-order valence-corrected chi connectivity index (χ2v) is 4.17. The minimum atomic E-state index is -0.481. The number of benzene rings is 1. The van der Waals surface area contributed by atoms with Crippen LogP contribution in [0.2, 0.25) is 5.02 Å². The van der Waals surface area contributed by atoms with Crippen LogP contribution in [0.4, 0.5) is 5.69 Å². The molecule has 16 heavy (non-hydrogen) atoms. The van der Waals surface area contributed by atoms with E-state index in [-0.39, 0.29) is 5.91 Å². The Bertz CT molecular complexity index is 434. The molecule has 0 bridgehead atoms. The molecule has 1 aromatic carbocycles. The molecule has 1 unspecified atom stereocenters. The largest absolute Gasteiger partial charge is 0.478 e. The van der Waals surface area contributed by atoms with Crippen molar-refractivity contribution in [2.24, 2.45) is 5.73 Å². The normalized spacial score (nSPS) is 18.7. The van der Waals surface area contributed by atoms with Crippen molar-refractivity contribution in [2.75, 3.05) is 11.9 Å². The molecule has 4 nitrogen and oxygen atoms in total. The van der Waals surface area contributed by atoms with Crippen LogP contribution in [-0.4, -0.2) is 18.6 Å². The van der Waals surface area contributed by atoms with E-state index in [2.05, 4.69) is 5.32 Å². The first-order valence-electron chi connectivity index (χ1n) is 5.12. The number of amides is 1. The molecule has 0 spiro atoms. The van der Waals surface area contributed by atoms with Gasteiger partial charge in [-0.2, -0.15) is 0 Å². The summed E-state index contributed by atoms with van der Waals surface area (Å²) in [5, 5.41) is 3.33. The van der Waals surface area contributed by atoms with Gasteiger partial charge >= 0.3 is 0 Å².